The Bertz CT molecular complexity index is 847. The molecule has 0 unspecified atom stereocenters. The molecule has 0 heterocycles. The molecule has 2 aromatic carbocycles. The molecular formula is C21H27F2N3O4. The molecule has 0 fully saturated rings. The van der Waals surface area contributed by atoms with Crippen LogP contribution in [-0.4, -0.2) is 40.4 Å². The first-order chi connectivity index (χ1) is 14.5. The van der Waals surface area contributed by atoms with Crippen molar-refractivity contribution >= 4 is 5.96 Å². The molecule has 0 aromatic heterocycles. The minimum Gasteiger partial charge on any atom is -0.497 e. The van der Waals surface area contributed by atoms with Crippen molar-refractivity contribution in [2.75, 3.05) is 27.9 Å². The second-order valence-electron chi connectivity index (χ2n) is 6.05. The van der Waals surface area contributed by atoms with Crippen molar-refractivity contribution in [3.63, 3.8) is 0 Å². The minimum atomic E-state index is -2.91. The van der Waals surface area contributed by atoms with Gasteiger partial charge in [0.1, 0.15) is 11.5 Å². The molecule has 0 amide bonds. The molecule has 0 atom stereocenters. The fraction of sp³-hybridized carbons (Fsp3) is 0.381. The number of halogens is 2. The molecule has 2 aromatic rings. The lowest BCUT2D eigenvalue weighted by Gasteiger charge is -2.16. The van der Waals surface area contributed by atoms with Crippen LogP contribution in [0.4, 0.5) is 8.78 Å². The van der Waals surface area contributed by atoms with Crippen LogP contribution in [0.15, 0.2) is 41.4 Å². The van der Waals surface area contributed by atoms with E-state index in [1.165, 1.54) is 13.2 Å². The smallest absolute Gasteiger partial charge is 0.387 e. The van der Waals surface area contributed by atoms with Gasteiger partial charge in [0, 0.05) is 25.7 Å². The molecule has 30 heavy (non-hydrogen) atoms. The molecule has 0 spiro atoms. The van der Waals surface area contributed by atoms with Crippen molar-refractivity contribution in [2.24, 2.45) is 4.99 Å². The Morgan fingerprint density at radius 2 is 1.70 bits per heavy atom. The Labute approximate surface area is 175 Å². The molecule has 9 heteroatoms. The van der Waals surface area contributed by atoms with Gasteiger partial charge in [0.2, 0.25) is 0 Å². The summed E-state index contributed by atoms with van der Waals surface area (Å²) < 4.78 is 46.0. The second-order valence-corrected chi connectivity index (χ2v) is 6.05. The third-order valence-corrected chi connectivity index (χ3v) is 4.14. The van der Waals surface area contributed by atoms with Gasteiger partial charge in [0.05, 0.1) is 20.8 Å². The van der Waals surface area contributed by atoms with Crippen LogP contribution >= 0.6 is 0 Å². The van der Waals surface area contributed by atoms with E-state index in [9.17, 15) is 8.78 Å². The average Bonchev–Trinajstić information content (AvgIpc) is 2.74. The van der Waals surface area contributed by atoms with Crippen LogP contribution in [0.5, 0.6) is 23.0 Å². The van der Waals surface area contributed by atoms with E-state index in [2.05, 4.69) is 20.4 Å². The molecule has 0 aliphatic rings. The molecule has 0 saturated carbocycles. The van der Waals surface area contributed by atoms with Crippen molar-refractivity contribution in [1.82, 2.24) is 10.6 Å². The fourth-order valence-corrected chi connectivity index (χ4v) is 2.72. The molecule has 0 bridgehead atoms. The Balaban J connectivity index is 2.03. The van der Waals surface area contributed by atoms with Gasteiger partial charge in [-0.1, -0.05) is 6.07 Å². The zero-order chi connectivity index (χ0) is 21.9. The van der Waals surface area contributed by atoms with Gasteiger partial charge in [-0.25, -0.2) is 0 Å². The van der Waals surface area contributed by atoms with Gasteiger partial charge >= 0.3 is 6.61 Å². The number of benzene rings is 2. The highest BCUT2D eigenvalue weighted by Gasteiger charge is 2.12. The minimum absolute atomic E-state index is 0.0743. The third-order valence-electron chi connectivity index (χ3n) is 4.14. The number of aliphatic imine (C=N–C) groups is 1. The van der Waals surface area contributed by atoms with Crippen LogP contribution < -0.4 is 29.6 Å². The lowest BCUT2D eigenvalue weighted by Crippen LogP contribution is -2.36. The Morgan fingerprint density at radius 1 is 0.967 bits per heavy atom. The first kappa shape index (κ1) is 23.1. The topological polar surface area (TPSA) is 73.3 Å². The van der Waals surface area contributed by atoms with Gasteiger partial charge in [-0.05, 0) is 42.8 Å². The summed E-state index contributed by atoms with van der Waals surface area (Å²) in [5.41, 5.74) is 1.48. The second kappa shape index (κ2) is 11.7. The van der Waals surface area contributed by atoms with E-state index in [0.29, 0.717) is 41.9 Å². The van der Waals surface area contributed by atoms with Crippen molar-refractivity contribution in [1.29, 1.82) is 0 Å². The standard InChI is InChI=1S/C21H27F2N3O4/c1-5-29-19-10-14(6-8-18(19)28-4)12-25-21(24-2)26-13-15-11-16(27-3)7-9-17(15)30-20(22)23/h6-11,20H,5,12-13H2,1-4H3,(H2,24,25,26). The molecule has 0 aliphatic heterocycles. The monoisotopic (exact) mass is 423 g/mol. The van der Waals surface area contributed by atoms with E-state index in [-0.39, 0.29) is 12.3 Å². The van der Waals surface area contributed by atoms with Crippen molar-refractivity contribution in [2.45, 2.75) is 26.6 Å². The third kappa shape index (κ3) is 6.68. The van der Waals surface area contributed by atoms with Crippen LogP contribution in [0.25, 0.3) is 0 Å². The first-order valence-corrected chi connectivity index (χ1v) is 9.36. The number of hydrogen-bond acceptors (Lipinski definition) is 5. The van der Waals surface area contributed by atoms with E-state index in [4.69, 9.17) is 14.2 Å². The Kier molecular flexibility index (Phi) is 8.99. The number of nitrogens with one attached hydrogen (secondary N) is 2. The molecule has 0 aliphatic carbocycles. The van der Waals surface area contributed by atoms with Gasteiger partial charge in [0.25, 0.3) is 0 Å². The molecule has 0 saturated heterocycles. The molecular weight excluding hydrogens is 396 g/mol. The molecule has 0 radical (unpaired) electrons. The maximum absolute atomic E-state index is 12.7. The van der Waals surface area contributed by atoms with Crippen LogP contribution in [0.2, 0.25) is 0 Å². The summed E-state index contributed by atoms with van der Waals surface area (Å²) in [6.07, 6.45) is 0. The van der Waals surface area contributed by atoms with E-state index in [1.54, 1.807) is 26.3 Å². The zero-order valence-corrected chi connectivity index (χ0v) is 17.5. The number of methoxy groups -OCH3 is 2. The lowest BCUT2D eigenvalue weighted by atomic mass is 10.2. The SMILES string of the molecule is CCOc1cc(CNC(=NC)NCc2cc(OC)ccc2OC(F)F)ccc1OC. The molecule has 2 rings (SSSR count). The normalized spacial score (nSPS) is 11.2. The molecule has 164 valence electrons. The predicted octanol–water partition coefficient (Wildman–Crippen LogP) is 3.57. The van der Waals surface area contributed by atoms with Gasteiger partial charge in [-0.2, -0.15) is 8.78 Å². The number of nitrogens with zero attached hydrogens (tertiary/aromatic N) is 1. The Hall–Kier alpha value is -3.23. The van der Waals surface area contributed by atoms with Gasteiger partial charge < -0.3 is 29.6 Å². The summed E-state index contributed by atoms with van der Waals surface area (Å²) >= 11 is 0. The summed E-state index contributed by atoms with van der Waals surface area (Å²) in [6.45, 7) is 0.207. The van der Waals surface area contributed by atoms with Crippen molar-refractivity contribution < 1.29 is 27.7 Å². The highest BCUT2D eigenvalue weighted by atomic mass is 19.3. The number of alkyl halides is 2. The Morgan fingerprint density at radius 3 is 2.33 bits per heavy atom. The van der Waals surface area contributed by atoms with Gasteiger partial charge in [-0.3, -0.25) is 4.99 Å². The lowest BCUT2D eigenvalue weighted by molar-refractivity contribution is -0.0505. The van der Waals surface area contributed by atoms with E-state index in [0.717, 1.165) is 5.56 Å². The van der Waals surface area contributed by atoms with Crippen molar-refractivity contribution in [3.8, 4) is 23.0 Å². The largest absolute Gasteiger partial charge is 0.497 e. The summed E-state index contributed by atoms with van der Waals surface area (Å²) in [4.78, 5) is 4.16. The van der Waals surface area contributed by atoms with Crippen LogP contribution in [0, 0.1) is 0 Å². The van der Waals surface area contributed by atoms with Gasteiger partial charge in [0.15, 0.2) is 17.5 Å². The summed E-state index contributed by atoms with van der Waals surface area (Å²) in [5.74, 6) is 2.43. The van der Waals surface area contributed by atoms with E-state index >= 15 is 0 Å². The number of ether oxygens (including phenoxy) is 4. The maximum atomic E-state index is 12.7. The quantitative estimate of drug-likeness (QED) is 0.450. The van der Waals surface area contributed by atoms with E-state index < -0.39 is 6.61 Å². The van der Waals surface area contributed by atoms with Crippen LogP contribution in [0.1, 0.15) is 18.1 Å². The van der Waals surface area contributed by atoms with E-state index in [1.807, 2.05) is 25.1 Å². The highest BCUT2D eigenvalue weighted by Crippen LogP contribution is 2.28. The fourth-order valence-electron chi connectivity index (χ4n) is 2.72. The summed E-state index contributed by atoms with van der Waals surface area (Å²) in [7, 11) is 4.72. The summed E-state index contributed by atoms with van der Waals surface area (Å²) in [6, 6.07) is 10.3. The van der Waals surface area contributed by atoms with Crippen LogP contribution in [-0.2, 0) is 13.1 Å². The number of guanidine groups is 1. The highest BCUT2D eigenvalue weighted by molar-refractivity contribution is 5.79. The maximum Gasteiger partial charge on any atom is 0.387 e. The first-order valence-electron chi connectivity index (χ1n) is 9.36. The predicted molar refractivity (Wildman–Crippen MR) is 111 cm³/mol. The molecule has 2 N–H and O–H groups in total. The van der Waals surface area contributed by atoms with Gasteiger partial charge in [-0.15, -0.1) is 0 Å². The average molecular weight is 423 g/mol. The molecule has 7 nitrogen and oxygen atoms in total. The van der Waals surface area contributed by atoms with Crippen LogP contribution in [0.3, 0.4) is 0 Å². The number of hydrogen-bond donors (Lipinski definition) is 2. The van der Waals surface area contributed by atoms with Crippen molar-refractivity contribution in [3.05, 3.63) is 47.5 Å². The summed E-state index contributed by atoms with van der Waals surface area (Å²) in [5, 5.41) is 6.26. The zero-order valence-electron chi connectivity index (χ0n) is 17.5. The number of rotatable bonds is 10.